The van der Waals surface area contributed by atoms with Crippen molar-refractivity contribution in [2.24, 2.45) is 0 Å². The van der Waals surface area contributed by atoms with Crippen LogP contribution in [0.25, 0.3) is 0 Å². The molecule has 1 heterocycles. The van der Waals surface area contributed by atoms with E-state index in [-0.39, 0.29) is 0 Å². The lowest BCUT2D eigenvalue weighted by Crippen LogP contribution is -2.24. The van der Waals surface area contributed by atoms with E-state index in [0.29, 0.717) is 5.75 Å². The highest BCUT2D eigenvalue weighted by molar-refractivity contribution is 9.10. The number of hydrogen-bond donors (Lipinski definition) is 1. The molecule has 2 nitrogen and oxygen atoms in total. The second kappa shape index (κ2) is 3.22. The minimum atomic E-state index is 0.407. The Morgan fingerprint density at radius 3 is 3.00 bits per heavy atom. The molecule has 13 heavy (non-hydrogen) atoms. The van der Waals surface area contributed by atoms with Crippen molar-refractivity contribution in [3.05, 3.63) is 22.2 Å². The van der Waals surface area contributed by atoms with Gasteiger partial charge in [0.2, 0.25) is 0 Å². The number of hydrogen-bond acceptors (Lipinski definition) is 2. The Bertz CT molecular complexity index is 338. The third kappa shape index (κ3) is 1.41. The van der Waals surface area contributed by atoms with Crippen LogP contribution in [0.5, 0.6) is 5.75 Å². The minimum Gasteiger partial charge on any atom is -0.506 e. The summed E-state index contributed by atoms with van der Waals surface area (Å²) < 4.78 is 0.793. The van der Waals surface area contributed by atoms with Crippen LogP contribution in [0.4, 0.5) is 5.69 Å². The van der Waals surface area contributed by atoms with Crippen molar-refractivity contribution in [1.82, 2.24) is 0 Å². The standard InChI is InChI=1S/C10H12BrNO/c1-12-6-2-3-7-9(12)5-4-8(11)10(7)13/h4-5,13H,2-3,6H2,1H3. The molecule has 1 aliphatic rings. The summed E-state index contributed by atoms with van der Waals surface area (Å²) in [4.78, 5) is 2.19. The Balaban J connectivity index is 2.56. The zero-order valence-corrected chi connectivity index (χ0v) is 9.13. The molecule has 0 unspecified atom stereocenters. The first-order valence-electron chi connectivity index (χ1n) is 4.41. The van der Waals surface area contributed by atoms with E-state index in [1.165, 1.54) is 0 Å². The lowest BCUT2D eigenvalue weighted by Gasteiger charge is -2.28. The highest BCUT2D eigenvalue weighted by atomic mass is 79.9. The summed E-state index contributed by atoms with van der Waals surface area (Å²) in [5.41, 5.74) is 2.23. The van der Waals surface area contributed by atoms with Gasteiger partial charge in [-0.1, -0.05) is 0 Å². The number of nitrogens with zero attached hydrogens (tertiary/aromatic N) is 1. The van der Waals surface area contributed by atoms with Crippen LogP contribution in [-0.2, 0) is 6.42 Å². The molecule has 0 fully saturated rings. The van der Waals surface area contributed by atoms with Gasteiger partial charge < -0.3 is 10.0 Å². The second-order valence-electron chi connectivity index (χ2n) is 3.42. The van der Waals surface area contributed by atoms with E-state index in [9.17, 15) is 5.11 Å². The first-order valence-corrected chi connectivity index (χ1v) is 5.21. The molecule has 0 aromatic heterocycles. The molecule has 2 rings (SSSR count). The first kappa shape index (κ1) is 8.88. The molecule has 70 valence electrons. The predicted molar refractivity (Wildman–Crippen MR) is 57.4 cm³/mol. The van der Waals surface area contributed by atoms with Crippen molar-refractivity contribution >= 4 is 21.6 Å². The quantitative estimate of drug-likeness (QED) is 0.755. The Labute approximate surface area is 86.3 Å². The average molecular weight is 242 g/mol. The fourth-order valence-corrected chi connectivity index (χ4v) is 2.19. The average Bonchev–Trinajstić information content (AvgIpc) is 2.12. The molecule has 1 aromatic rings. The van der Waals surface area contributed by atoms with Crippen LogP contribution in [0.15, 0.2) is 16.6 Å². The van der Waals surface area contributed by atoms with Crippen LogP contribution >= 0.6 is 15.9 Å². The highest BCUT2D eigenvalue weighted by Crippen LogP contribution is 2.37. The number of phenols is 1. The fourth-order valence-electron chi connectivity index (χ4n) is 1.81. The zero-order chi connectivity index (χ0) is 9.42. The summed E-state index contributed by atoms with van der Waals surface area (Å²) >= 11 is 3.33. The number of benzene rings is 1. The third-order valence-corrected chi connectivity index (χ3v) is 3.18. The summed E-state index contributed by atoms with van der Waals surface area (Å²) in [7, 11) is 2.06. The largest absolute Gasteiger partial charge is 0.506 e. The minimum absolute atomic E-state index is 0.407. The van der Waals surface area contributed by atoms with Crippen molar-refractivity contribution in [1.29, 1.82) is 0 Å². The van der Waals surface area contributed by atoms with Crippen LogP contribution in [0.3, 0.4) is 0 Å². The SMILES string of the molecule is CN1CCCc2c1ccc(Br)c2O. The lowest BCUT2D eigenvalue weighted by molar-refractivity contribution is 0.462. The number of rotatable bonds is 0. The molecule has 0 saturated heterocycles. The Hall–Kier alpha value is -0.700. The summed E-state index contributed by atoms with van der Waals surface area (Å²) in [6.45, 7) is 1.08. The highest BCUT2D eigenvalue weighted by Gasteiger charge is 2.17. The Morgan fingerprint density at radius 2 is 2.23 bits per heavy atom. The van der Waals surface area contributed by atoms with Crippen molar-refractivity contribution in [2.45, 2.75) is 12.8 Å². The molecule has 1 aliphatic heterocycles. The maximum atomic E-state index is 9.79. The van der Waals surface area contributed by atoms with E-state index >= 15 is 0 Å². The van der Waals surface area contributed by atoms with Crippen molar-refractivity contribution in [2.75, 3.05) is 18.5 Å². The molecule has 0 bridgehead atoms. The zero-order valence-electron chi connectivity index (χ0n) is 7.55. The molecule has 0 spiro atoms. The molecule has 0 atom stereocenters. The molecule has 3 heteroatoms. The van der Waals surface area contributed by atoms with Crippen molar-refractivity contribution < 1.29 is 5.11 Å². The van der Waals surface area contributed by atoms with Gasteiger partial charge in [0.15, 0.2) is 0 Å². The molecule has 0 aliphatic carbocycles. The number of aromatic hydroxyl groups is 1. The van der Waals surface area contributed by atoms with Gasteiger partial charge in [-0.05, 0) is 40.9 Å². The van der Waals surface area contributed by atoms with Gasteiger partial charge in [0, 0.05) is 24.8 Å². The summed E-state index contributed by atoms with van der Waals surface area (Å²) in [6, 6.07) is 3.95. The second-order valence-corrected chi connectivity index (χ2v) is 4.27. The molecular formula is C10H12BrNO. The van der Waals surface area contributed by atoms with Gasteiger partial charge >= 0.3 is 0 Å². The topological polar surface area (TPSA) is 23.5 Å². The number of fused-ring (bicyclic) bond motifs is 1. The molecule has 1 N–H and O–H groups in total. The monoisotopic (exact) mass is 241 g/mol. The summed E-state index contributed by atoms with van der Waals surface area (Å²) in [6.07, 6.45) is 2.10. The summed E-state index contributed by atoms with van der Waals surface area (Å²) in [5, 5.41) is 9.79. The third-order valence-electron chi connectivity index (χ3n) is 2.54. The molecule has 0 radical (unpaired) electrons. The van der Waals surface area contributed by atoms with E-state index in [2.05, 4.69) is 33.9 Å². The Morgan fingerprint density at radius 1 is 1.46 bits per heavy atom. The molecule has 0 amide bonds. The van der Waals surface area contributed by atoms with Crippen LogP contribution in [0.1, 0.15) is 12.0 Å². The van der Waals surface area contributed by atoms with E-state index in [0.717, 1.165) is 35.1 Å². The van der Waals surface area contributed by atoms with E-state index in [4.69, 9.17) is 0 Å². The van der Waals surface area contributed by atoms with Gasteiger partial charge in [0.1, 0.15) is 5.75 Å². The molecule has 1 aromatic carbocycles. The summed E-state index contributed by atoms with van der Waals surface area (Å²) in [5.74, 6) is 0.407. The smallest absolute Gasteiger partial charge is 0.135 e. The van der Waals surface area contributed by atoms with Crippen LogP contribution < -0.4 is 4.90 Å². The van der Waals surface area contributed by atoms with Gasteiger partial charge in [-0.15, -0.1) is 0 Å². The molecular weight excluding hydrogens is 230 g/mol. The van der Waals surface area contributed by atoms with Crippen molar-refractivity contribution in [3.8, 4) is 5.75 Å². The van der Waals surface area contributed by atoms with Gasteiger partial charge in [-0.3, -0.25) is 0 Å². The van der Waals surface area contributed by atoms with Crippen LogP contribution in [-0.4, -0.2) is 18.7 Å². The van der Waals surface area contributed by atoms with Gasteiger partial charge in [-0.2, -0.15) is 0 Å². The van der Waals surface area contributed by atoms with Crippen molar-refractivity contribution in [3.63, 3.8) is 0 Å². The lowest BCUT2D eigenvalue weighted by atomic mass is 10.0. The molecule has 0 saturated carbocycles. The maximum absolute atomic E-state index is 9.79. The van der Waals surface area contributed by atoms with E-state index in [1.807, 2.05) is 6.07 Å². The van der Waals surface area contributed by atoms with Crippen LogP contribution in [0.2, 0.25) is 0 Å². The Kier molecular flexibility index (Phi) is 2.20. The number of halogens is 1. The number of anilines is 1. The van der Waals surface area contributed by atoms with E-state index < -0.39 is 0 Å². The predicted octanol–water partition coefficient (Wildman–Crippen LogP) is 2.54. The number of phenolic OH excluding ortho intramolecular Hbond substituents is 1. The maximum Gasteiger partial charge on any atom is 0.135 e. The van der Waals surface area contributed by atoms with Gasteiger partial charge in [0.05, 0.1) is 4.47 Å². The normalized spacial score (nSPS) is 15.7. The van der Waals surface area contributed by atoms with Crippen LogP contribution in [0, 0.1) is 0 Å². The van der Waals surface area contributed by atoms with E-state index in [1.54, 1.807) is 0 Å². The first-order chi connectivity index (χ1) is 6.20. The van der Waals surface area contributed by atoms with Gasteiger partial charge in [0.25, 0.3) is 0 Å². The van der Waals surface area contributed by atoms with Gasteiger partial charge in [-0.25, -0.2) is 0 Å². The fraction of sp³-hybridized carbons (Fsp3) is 0.400.